The Morgan fingerprint density at radius 2 is 2.00 bits per heavy atom. The van der Waals surface area contributed by atoms with E-state index in [9.17, 15) is 17.6 Å². The lowest BCUT2D eigenvalue weighted by molar-refractivity contribution is -0.137. The molecule has 1 saturated heterocycles. The number of nitrogens with zero attached hydrogens (tertiary/aromatic N) is 4. The summed E-state index contributed by atoms with van der Waals surface area (Å²) in [6, 6.07) is 3.12. The van der Waals surface area contributed by atoms with Gasteiger partial charge in [0, 0.05) is 18.9 Å². The highest BCUT2D eigenvalue weighted by atomic mass is 19.4. The molecule has 0 bridgehead atoms. The number of aromatic nitrogens is 4. The Balaban J connectivity index is 0.000000271. The lowest BCUT2D eigenvalue weighted by atomic mass is 10.2. The van der Waals surface area contributed by atoms with Crippen LogP contribution in [-0.2, 0) is 10.9 Å². The van der Waals surface area contributed by atoms with Gasteiger partial charge in [0.05, 0.1) is 35.9 Å². The minimum Gasteiger partial charge on any atom is -0.391 e. The minimum atomic E-state index is -4.48. The van der Waals surface area contributed by atoms with Gasteiger partial charge >= 0.3 is 6.18 Å². The monoisotopic (exact) mass is 399 g/mol. The van der Waals surface area contributed by atoms with Gasteiger partial charge in [0.2, 0.25) is 5.95 Å². The molecule has 3 N–H and O–H groups in total. The van der Waals surface area contributed by atoms with Gasteiger partial charge in [-0.05, 0) is 25.0 Å². The number of halogens is 4. The van der Waals surface area contributed by atoms with Crippen molar-refractivity contribution >= 4 is 11.5 Å². The molecule has 3 aromatic heterocycles. The predicted molar refractivity (Wildman–Crippen MR) is 91.7 cm³/mol. The van der Waals surface area contributed by atoms with Gasteiger partial charge < -0.3 is 15.6 Å². The van der Waals surface area contributed by atoms with Gasteiger partial charge in [-0.1, -0.05) is 0 Å². The number of pyridine rings is 1. The topological polar surface area (TPSA) is 98.6 Å². The van der Waals surface area contributed by atoms with Crippen LogP contribution in [0.5, 0.6) is 0 Å². The molecule has 1 unspecified atom stereocenters. The van der Waals surface area contributed by atoms with E-state index in [0.717, 1.165) is 42.2 Å². The zero-order valence-electron chi connectivity index (χ0n) is 14.5. The average Bonchev–Trinajstić information content (AvgIpc) is 2.98. The van der Waals surface area contributed by atoms with Gasteiger partial charge in [0.1, 0.15) is 5.52 Å². The van der Waals surface area contributed by atoms with E-state index in [-0.39, 0.29) is 29.0 Å². The van der Waals surface area contributed by atoms with E-state index in [2.05, 4.69) is 15.1 Å². The summed E-state index contributed by atoms with van der Waals surface area (Å²) in [5.41, 5.74) is 4.92. The van der Waals surface area contributed by atoms with Crippen molar-refractivity contribution in [3.05, 3.63) is 42.0 Å². The molecule has 3 aromatic rings. The van der Waals surface area contributed by atoms with Crippen molar-refractivity contribution in [1.29, 1.82) is 0 Å². The first-order valence-electron chi connectivity index (χ1n) is 8.35. The fourth-order valence-corrected chi connectivity index (χ4v) is 2.58. The van der Waals surface area contributed by atoms with E-state index in [1.165, 1.54) is 6.20 Å². The van der Waals surface area contributed by atoms with Crippen LogP contribution in [-0.4, -0.2) is 44.0 Å². The van der Waals surface area contributed by atoms with Crippen LogP contribution in [0.4, 0.5) is 23.5 Å². The van der Waals surface area contributed by atoms with E-state index >= 15 is 0 Å². The number of aliphatic hydroxyl groups excluding tert-OH is 1. The largest absolute Gasteiger partial charge is 0.417 e. The number of nitrogen functional groups attached to an aromatic ring is 1. The number of nitrogens with two attached hydrogens (primary N) is 1. The number of ether oxygens (including phenoxy) is 1. The van der Waals surface area contributed by atoms with Crippen molar-refractivity contribution in [3.63, 3.8) is 0 Å². The van der Waals surface area contributed by atoms with Crippen molar-refractivity contribution in [2.45, 2.75) is 25.1 Å². The first-order chi connectivity index (χ1) is 13.3. The molecule has 1 fully saturated rings. The molecular weight excluding hydrogens is 382 g/mol. The van der Waals surface area contributed by atoms with Gasteiger partial charge in [-0.15, -0.1) is 5.10 Å². The molecule has 150 valence electrons. The summed E-state index contributed by atoms with van der Waals surface area (Å²) in [6.07, 6.45) is -0.873. The van der Waals surface area contributed by atoms with E-state index in [1.54, 1.807) is 0 Å². The van der Waals surface area contributed by atoms with Crippen LogP contribution >= 0.6 is 0 Å². The lowest BCUT2D eigenvalue weighted by Crippen LogP contribution is -2.21. The first kappa shape index (κ1) is 20.0. The maximum Gasteiger partial charge on any atom is 0.417 e. The van der Waals surface area contributed by atoms with E-state index < -0.39 is 17.6 Å². The summed E-state index contributed by atoms with van der Waals surface area (Å²) in [6.45, 7) is 1.37. The van der Waals surface area contributed by atoms with E-state index in [0.29, 0.717) is 12.8 Å². The molecule has 0 amide bonds. The molecule has 7 nitrogen and oxygen atoms in total. The van der Waals surface area contributed by atoms with Crippen LogP contribution in [0, 0.1) is 5.82 Å². The summed E-state index contributed by atoms with van der Waals surface area (Å²) < 4.78 is 57.3. The van der Waals surface area contributed by atoms with Crippen molar-refractivity contribution in [3.8, 4) is 11.4 Å². The van der Waals surface area contributed by atoms with Crippen molar-refractivity contribution in [2.24, 2.45) is 0 Å². The number of alkyl halides is 3. The van der Waals surface area contributed by atoms with Crippen molar-refractivity contribution in [2.75, 3.05) is 18.9 Å². The fourth-order valence-electron chi connectivity index (χ4n) is 2.58. The Morgan fingerprint density at radius 1 is 1.21 bits per heavy atom. The molecule has 4 rings (SSSR count). The van der Waals surface area contributed by atoms with E-state index in [1.807, 2.05) is 0 Å². The quantitative estimate of drug-likeness (QED) is 0.611. The summed E-state index contributed by atoms with van der Waals surface area (Å²) in [5, 5.41) is 12.6. The van der Waals surface area contributed by atoms with Gasteiger partial charge in [0.15, 0.2) is 5.82 Å². The number of rotatable bonds is 1. The average molecular weight is 399 g/mol. The molecule has 0 aliphatic carbocycles. The number of anilines is 1. The second kappa shape index (κ2) is 8.07. The third-order valence-corrected chi connectivity index (χ3v) is 3.98. The van der Waals surface area contributed by atoms with Crippen LogP contribution in [0.1, 0.15) is 18.4 Å². The van der Waals surface area contributed by atoms with E-state index in [4.69, 9.17) is 15.6 Å². The number of aliphatic hydroxyl groups is 1. The lowest BCUT2D eigenvalue weighted by Gasteiger charge is -2.15. The number of hydrogen-bond donors (Lipinski definition) is 2. The highest BCUT2D eigenvalue weighted by molar-refractivity contribution is 5.64. The van der Waals surface area contributed by atoms with Gasteiger partial charge in [-0.3, -0.25) is 4.98 Å². The van der Waals surface area contributed by atoms with Crippen molar-refractivity contribution in [1.82, 2.24) is 19.6 Å². The van der Waals surface area contributed by atoms with Crippen LogP contribution in [0.3, 0.4) is 0 Å². The molecule has 11 heteroatoms. The molecule has 1 aliphatic heterocycles. The molecule has 4 heterocycles. The smallest absolute Gasteiger partial charge is 0.391 e. The van der Waals surface area contributed by atoms with Crippen LogP contribution < -0.4 is 5.73 Å². The summed E-state index contributed by atoms with van der Waals surface area (Å²) in [7, 11) is 0. The minimum absolute atomic E-state index is 0.0564. The Hall–Kier alpha value is -2.79. The predicted octanol–water partition coefficient (Wildman–Crippen LogP) is 2.69. The SMILES string of the molecule is Nc1ncc2c(F)cc(-c3ccc(C(F)(F)F)cn3)n2n1.OC1CCCOC1. The summed E-state index contributed by atoms with van der Waals surface area (Å²) >= 11 is 0. The zero-order chi connectivity index (χ0) is 20.3. The van der Waals surface area contributed by atoms with Crippen LogP contribution in [0.2, 0.25) is 0 Å². The number of hydrogen-bond acceptors (Lipinski definition) is 6. The van der Waals surface area contributed by atoms with Gasteiger partial charge in [0.25, 0.3) is 0 Å². The van der Waals surface area contributed by atoms with Crippen LogP contribution in [0.25, 0.3) is 16.9 Å². The third kappa shape index (κ3) is 4.54. The van der Waals surface area contributed by atoms with Crippen molar-refractivity contribution < 1.29 is 27.4 Å². The van der Waals surface area contributed by atoms with Gasteiger partial charge in [-0.2, -0.15) is 13.2 Å². The molecule has 0 spiro atoms. The second-order valence-corrected chi connectivity index (χ2v) is 6.09. The molecule has 28 heavy (non-hydrogen) atoms. The molecule has 1 atom stereocenters. The maximum absolute atomic E-state index is 13.7. The summed E-state index contributed by atoms with van der Waals surface area (Å²) in [4.78, 5) is 7.36. The summed E-state index contributed by atoms with van der Waals surface area (Å²) in [5.74, 6) is -0.710. The Labute approximate surface area is 156 Å². The second-order valence-electron chi connectivity index (χ2n) is 6.09. The molecule has 0 aromatic carbocycles. The number of fused-ring (bicyclic) bond motifs is 1. The highest BCUT2D eigenvalue weighted by Crippen LogP contribution is 2.30. The molecule has 1 aliphatic rings. The maximum atomic E-state index is 13.7. The first-order valence-corrected chi connectivity index (χ1v) is 8.35. The standard InChI is InChI=1S/C12H7F4N5.C5H10O2/c13-7-3-9(21-10(7)5-19-11(17)20-21)8-2-1-6(4-18-8)12(14,15)16;6-5-2-1-3-7-4-5/h1-5H,(H2,17,20);5-6H,1-4H2. The molecule has 0 saturated carbocycles. The molecular formula is C17H17F4N5O2. The fraction of sp³-hybridized carbons (Fsp3) is 0.353. The highest BCUT2D eigenvalue weighted by Gasteiger charge is 2.30. The third-order valence-electron chi connectivity index (χ3n) is 3.98. The normalized spacial score (nSPS) is 17.2. The van der Waals surface area contributed by atoms with Gasteiger partial charge in [-0.25, -0.2) is 13.9 Å². The zero-order valence-corrected chi connectivity index (χ0v) is 14.5. The Morgan fingerprint density at radius 3 is 2.54 bits per heavy atom. The van der Waals surface area contributed by atoms with Crippen LogP contribution in [0.15, 0.2) is 30.6 Å². The Kier molecular flexibility index (Phi) is 5.75. The Bertz CT molecular complexity index is 937. The molecule has 0 radical (unpaired) electrons.